The highest BCUT2D eigenvalue weighted by Crippen LogP contribution is 2.40. The number of anilines is 1. The van der Waals surface area contributed by atoms with Gasteiger partial charge in [0.15, 0.2) is 5.82 Å². The van der Waals surface area contributed by atoms with E-state index in [9.17, 15) is 14.0 Å². The molecule has 8 heteroatoms. The highest BCUT2D eigenvalue weighted by molar-refractivity contribution is 5.91. The minimum atomic E-state index is -0.602. The maximum atomic E-state index is 14.3. The zero-order valence-corrected chi connectivity index (χ0v) is 17.4. The van der Waals surface area contributed by atoms with Crippen molar-refractivity contribution in [2.45, 2.75) is 19.4 Å². The van der Waals surface area contributed by atoms with Gasteiger partial charge in [-0.05, 0) is 42.7 Å². The summed E-state index contributed by atoms with van der Waals surface area (Å²) in [5, 5.41) is 9.49. The number of hydrogen-bond acceptors (Lipinski definition) is 5. The average Bonchev–Trinajstić information content (AvgIpc) is 3.44. The molecule has 1 atom stereocenters. The fourth-order valence-corrected chi connectivity index (χ4v) is 4.23. The van der Waals surface area contributed by atoms with E-state index in [1.165, 1.54) is 0 Å². The van der Waals surface area contributed by atoms with Gasteiger partial charge in [-0.15, -0.1) is 0 Å². The van der Waals surface area contributed by atoms with E-state index in [-0.39, 0.29) is 17.1 Å². The fourth-order valence-electron chi connectivity index (χ4n) is 4.23. The molecule has 6 nitrogen and oxygen atoms in total. The van der Waals surface area contributed by atoms with Crippen LogP contribution in [0.2, 0.25) is 0 Å². The molecule has 0 radical (unpaired) electrons. The number of halogens is 2. The third kappa shape index (κ3) is 3.27. The topological polar surface area (TPSA) is 94.6 Å². The molecule has 1 fully saturated rings. The van der Waals surface area contributed by atoms with E-state index in [1.54, 1.807) is 12.4 Å². The molecule has 3 heterocycles. The Kier molecular flexibility index (Phi) is 4.83. The van der Waals surface area contributed by atoms with Crippen LogP contribution in [0.1, 0.15) is 17.5 Å². The van der Waals surface area contributed by atoms with Gasteiger partial charge in [0.1, 0.15) is 22.7 Å². The quantitative estimate of drug-likeness (QED) is 0.506. The van der Waals surface area contributed by atoms with Gasteiger partial charge in [-0.25, -0.2) is 13.8 Å². The van der Waals surface area contributed by atoms with Crippen LogP contribution >= 0.6 is 0 Å². The highest BCUT2D eigenvalue weighted by atomic mass is 19.1. The Morgan fingerprint density at radius 1 is 1.16 bits per heavy atom. The van der Waals surface area contributed by atoms with E-state index in [0.29, 0.717) is 23.5 Å². The van der Waals surface area contributed by atoms with Crippen LogP contribution in [0.15, 0.2) is 42.7 Å². The third-order valence-corrected chi connectivity index (χ3v) is 5.93. The smallest absolute Gasteiger partial charge is 0.151 e. The van der Waals surface area contributed by atoms with E-state index in [4.69, 9.17) is 5.73 Å². The molecule has 1 aliphatic heterocycles. The number of imidazole rings is 1. The SMILES string of the molecule is Cc1ccc(-c2cncc(-c3nc4c(F)ccc(F)c4[nH]3)c2N2CC[C@H](N)C2)cc1C#N. The molecule has 1 aliphatic rings. The Hall–Kier alpha value is -3.83. The molecule has 0 aliphatic carbocycles. The summed E-state index contributed by atoms with van der Waals surface area (Å²) in [6.07, 6.45) is 4.19. The summed E-state index contributed by atoms with van der Waals surface area (Å²) in [5.41, 5.74) is 10.7. The molecule has 32 heavy (non-hydrogen) atoms. The zero-order chi connectivity index (χ0) is 22.4. The number of H-pyrrole nitrogens is 1. The first-order valence-electron chi connectivity index (χ1n) is 10.3. The molecule has 2 aromatic heterocycles. The Bertz CT molecular complexity index is 1350. The molecule has 4 aromatic rings. The second-order valence-electron chi connectivity index (χ2n) is 8.06. The summed E-state index contributed by atoms with van der Waals surface area (Å²) in [6.45, 7) is 3.24. The average molecular weight is 430 g/mol. The van der Waals surface area contributed by atoms with E-state index in [1.807, 2.05) is 25.1 Å². The first-order chi connectivity index (χ1) is 15.5. The Morgan fingerprint density at radius 2 is 1.94 bits per heavy atom. The minimum absolute atomic E-state index is 0.0107. The standard InChI is InChI=1S/C24H20F2N6/c1-13-2-3-14(8-15(13)9-27)17-10-29-11-18(23(17)32-7-6-16(28)12-32)24-30-21-19(25)4-5-20(26)22(21)31-24/h2-5,8,10-11,16H,6-7,12,28H2,1H3,(H,30,31)/t16-/m0/s1. The van der Waals surface area contributed by atoms with Gasteiger partial charge in [0.2, 0.25) is 0 Å². The van der Waals surface area contributed by atoms with Gasteiger partial charge in [0.05, 0.1) is 22.9 Å². The van der Waals surface area contributed by atoms with Crippen LogP contribution in [0.5, 0.6) is 0 Å². The molecule has 2 aromatic carbocycles. The van der Waals surface area contributed by atoms with E-state index >= 15 is 0 Å². The molecule has 0 saturated carbocycles. The van der Waals surface area contributed by atoms with E-state index in [2.05, 4.69) is 25.9 Å². The summed E-state index contributed by atoms with van der Waals surface area (Å²) in [5.74, 6) is -0.859. The van der Waals surface area contributed by atoms with Crippen LogP contribution in [0.3, 0.4) is 0 Å². The molecule has 5 rings (SSSR count). The van der Waals surface area contributed by atoms with E-state index in [0.717, 1.165) is 47.5 Å². The van der Waals surface area contributed by atoms with E-state index < -0.39 is 11.6 Å². The van der Waals surface area contributed by atoms with Crippen molar-refractivity contribution in [2.24, 2.45) is 5.73 Å². The predicted molar refractivity (Wildman–Crippen MR) is 119 cm³/mol. The third-order valence-electron chi connectivity index (χ3n) is 5.93. The van der Waals surface area contributed by atoms with Crippen molar-refractivity contribution >= 4 is 16.7 Å². The fraction of sp³-hybridized carbons (Fsp3) is 0.208. The number of nitrogens with two attached hydrogens (primary N) is 1. The van der Waals surface area contributed by atoms with Crippen LogP contribution < -0.4 is 10.6 Å². The summed E-state index contributed by atoms with van der Waals surface area (Å²) in [4.78, 5) is 13.8. The van der Waals surface area contributed by atoms with Crippen molar-refractivity contribution < 1.29 is 8.78 Å². The highest BCUT2D eigenvalue weighted by Gasteiger charge is 2.27. The lowest BCUT2D eigenvalue weighted by Gasteiger charge is -2.24. The maximum Gasteiger partial charge on any atom is 0.151 e. The van der Waals surface area contributed by atoms with Crippen molar-refractivity contribution in [1.82, 2.24) is 15.0 Å². The number of aromatic amines is 1. The predicted octanol–water partition coefficient (Wildman–Crippen LogP) is 4.29. The summed E-state index contributed by atoms with van der Waals surface area (Å²) >= 11 is 0. The Balaban J connectivity index is 1.76. The number of aryl methyl sites for hydroxylation is 1. The second-order valence-corrected chi connectivity index (χ2v) is 8.06. The van der Waals surface area contributed by atoms with Crippen LogP contribution in [0, 0.1) is 29.9 Å². The molecule has 160 valence electrons. The molecule has 0 amide bonds. The molecular formula is C24H20F2N6. The summed E-state index contributed by atoms with van der Waals surface area (Å²) in [7, 11) is 0. The lowest BCUT2D eigenvalue weighted by atomic mass is 9.98. The van der Waals surface area contributed by atoms with Gasteiger partial charge in [0, 0.05) is 37.1 Å². The number of hydrogen-bond donors (Lipinski definition) is 2. The maximum absolute atomic E-state index is 14.3. The van der Waals surface area contributed by atoms with Gasteiger partial charge in [-0.3, -0.25) is 4.98 Å². The number of benzene rings is 2. The van der Waals surface area contributed by atoms with Crippen LogP contribution in [-0.4, -0.2) is 34.1 Å². The van der Waals surface area contributed by atoms with Crippen molar-refractivity contribution in [1.29, 1.82) is 5.26 Å². The van der Waals surface area contributed by atoms with Gasteiger partial charge >= 0.3 is 0 Å². The molecule has 1 saturated heterocycles. The van der Waals surface area contributed by atoms with Gasteiger partial charge in [-0.2, -0.15) is 5.26 Å². The van der Waals surface area contributed by atoms with Crippen LogP contribution in [0.4, 0.5) is 14.5 Å². The number of nitrogens with one attached hydrogen (secondary N) is 1. The lowest BCUT2D eigenvalue weighted by molar-refractivity contribution is 0.615. The summed E-state index contributed by atoms with van der Waals surface area (Å²) < 4.78 is 28.6. The number of fused-ring (bicyclic) bond motifs is 1. The molecule has 0 unspecified atom stereocenters. The van der Waals surface area contributed by atoms with Crippen LogP contribution in [0.25, 0.3) is 33.5 Å². The second kappa shape index (κ2) is 7.70. The Morgan fingerprint density at radius 3 is 2.66 bits per heavy atom. The first kappa shape index (κ1) is 20.1. The molecule has 3 N–H and O–H groups in total. The normalized spacial score (nSPS) is 16.0. The van der Waals surface area contributed by atoms with Gasteiger partial charge in [0.25, 0.3) is 0 Å². The number of pyridine rings is 1. The van der Waals surface area contributed by atoms with Crippen molar-refractivity contribution in [2.75, 3.05) is 18.0 Å². The lowest BCUT2D eigenvalue weighted by Crippen LogP contribution is -2.27. The van der Waals surface area contributed by atoms with Gasteiger partial charge in [-0.1, -0.05) is 12.1 Å². The number of nitrogens with zero attached hydrogens (tertiary/aromatic N) is 4. The van der Waals surface area contributed by atoms with Crippen molar-refractivity contribution in [3.63, 3.8) is 0 Å². The molecule has 0 spiro atoms. The minimum Gasteiger partial charge on any atom is -0.369 e. The summed E-state index contributed by atoms with van der Waals surface area (Å²) in [6, 6.07) is 10.0. The monoisotopic (exact) mass is 430 g/mol. The molecular weight excluding hydrogens is 410 g/mol. The van der Waals surface area contributed by atoms with Crippen LogP contribution in [-0.2, 0) is 0 Å². The number of rotatable bonds is 3. The van der Waals surface area contributed by atoms with Crippen molar-refractivity contribution in [3.8, 4) is 28.6 Å². The zero-order valence-electron chi connectivity index (χ0n) is 17.4. The number of nitriles is 1. The van der Waals surface area contributed by atoms with Gasteiger partial charge < -0.3 is 15.6 Å². The van der Waals surface area contributed by atoms with Crippen molar-refractivity contribution in [3.05, 3.63) is 65.5 Å². The largest absolute Gasteiger partial charge is 0.369 e. The molecule has 0 bridgehead atoms. The number of aromatic nitrogens is 3. The Labute approximate surface area is 183 Å². The first-order valence-corrected chi connectivity index (χ1v) is 10.3.